The molecule has 1 heterocycles. The minimum atomic E-state index is -0.704. The van der Waals surface area contributed by atoms with E-state index in [1.165, 1.54) is 11.3 Å². The summed E-state index contributed by atoms with van der Waals surface area (Å²) in [5.41, 5.74) is 4.07. The molecule has 1 aromatic heterocycles. The number of allylic oxidation sites excluding steroid dienone is 2. The van der Waals surface area contributed by atoms with E-state index in [2.05, 4.69) is 10.3 Å². The molecule has 0 aliphatic heterocycles. The number of amides is 1. The van der Waals surface area contributed by atoms with Gasteiger partial charge in [0.2, 0.25) is 6.29 Å². The zero-order chi connectivity index (χ0) is 26.6. The Morgan fingerprint density at radius 3 is 2.46 bits per heavy atom. The van der Waals surface area contributed by atoms with Crippen molar-refractivity contribution in [1.82, 2.24) is 10.3 Å². The molecule has 0 saturated heterocycles. The van der Waals surface area contributed by atoms with Crippen LogP contribution in [0.15, 0.2) is 77.2 Å². The predicted octanol–water partition coefficient (Wildman–Crippen LogP) is 5.23. The number of thiazole rings is 1. The summed E-state index contributed by atoms with van der Waals surface area (Å²) in [5, 5.41) is 5.28. The number of aldehydes is 1. The van der Waals surface area contributed by atoms with E-state index in [-0.39, 0.29) is 12.3 Å². The molecule has 37 heavy (non-hydrogen) atoms. The predicted molar refractivity (Wildman–Crippen MR) is 144 cm³/mol. The van der Waals surface area contributed by atoms with Crippen molar-refractivity contribution in [2.75, 3.05) is 6.61 Å². The van der Waals surface area contributed by atoms with E-state index in [1.54, 1.807) is 19.9 Å². The van der Waals surface area contributed by atoms with Gasteiger partial charge in [-0.15, -0.1) is 11.3 Å². The van der Waals surface area contributed by atoms with Gasteiger partial charge in [0.1, 0.15) is 17.4 Å². The Morgan fingerprint density at radius 1 is 1.05 bits per heavy atom. The molecule has 0 unspecified atom stereocenters. The average Bonchev–Trinajstić information content (AvgIpc) is 3.36. The molecule has 3 rings (SSSR count). The highest BCUT2D eigenvalue weighted by atomic mass is 32.1. The Balaban J connectivity index is 1.70. The highest BCUT2D eigenvalue weighted by Gasteiger charge is 2.19. The molecule has 1 amide bonds. The molecule has 0 spiro atoms. The quantitative estimate of drug-likeness (QED) is 0.116. The van der Waals surface area contributed by atoms with Crippen LogP contribution in [-0.2, 0) is 32.1 Å². The number of hydrogen-bond donors (Lipinski definition) is 1. The van der Waals surface area contributed by atoms with Gasteiger partial charge in [0.15, 0.2) is 0 Å². The number of aromatic nitrogens is 1. The second-order valence-corrected chi connectivity index (χ2v) is 9.24. The van der Waals surface area contributed by atoms with Crippen LogP contribution in [0.25, 0.3) is 6.08 Å². The minimum Gasteiger partial charge on any atom is -0.489 e. The third-order valence-electron chi connectivity index (χ3n) is 5.29. The van der Waals surface area contributed by atoms with Crippen molar-refractivity contribution in [2.45, 2.75) is 39.8 Å². The van der Waals surface area contributed by atoms with Crippen LogP contribution in [0.3, 0.4) is 0 Å². The normalized spacial score (nSPS) is 12.5. The molecule has 0 bridgehead atoms. The molecule has 3 aromatic rings. The highest BCUT2D eigenvalue weighted by Crippen LogP contribution is 2.25. The second-order valence-electron chi connectivity index (χ2n) is 8.35. The smallest absolute Gasteiger partial charge is 0.333 e. The van der Waals surface area contributed by atoms with Crippen molar-refractivity contribution in [3.63, 3.8) is 0 Å². The van der Waals surface area contributed by atoms with E-state index in [9.17, 15) is 14.4 Å². The summed E-state index contributed by atoms with van der Waals surface area (Å²) in [5.74, 6) is -0.323. The first kappa shape index (κ1) is 27.5. The van der Waals surface area contributed by atoms with Crippen molar-refractivity contribution >= 4 is 35.6 Å². The molecule has 1 N–H and O–H groups in total. The molecule has 0 aliphatic carbocycles. The van der Waals surface area contributed by atoms with E-state index in [4.69, 9.17) is 9.47 Å². The molecule has 1 atom stereocenters. The standard InChI is InChI=1S/C29H30N2O5S/c1-4-35-29(34)21(3)14-20(2)15-24-19-37-28(30-24)26(31-27(33)17-32)16-22-10-12-25(13-11-22)36-18-23-8-6-5-7-9-23/h5-15,17,19,26H,4,16,18H2,1-3H3,(H,31,33)/b20-15+,21-14-/t26-/m0/s1. The fourth-order valence-electron chi connectivity index (χ4n) is 3.55. The summed E-state index contributed by atoms with van der Waals surface area (Å²) in [6, 6.07) is 17.1. The molecule has 0 fully saturated rings. The number of carbonyl (C=O) groups excluding carboxylic acids is 3. The SMILES string of the molecule is CCOC(=O)/C(C)=C\C(C)=C\c1csc([C@H](Cc2ccc(OCc3ccccc3)cc2)NC(=O)C=O)n1. The first-order chi connectivity index (χ1) is 17.9. The van der Waals surface area contributed by atoms with Crippen molar-refractivity contribution < 1.29 is 23.9 Å². The molecule has 0 aliphatic rings. The van der Waals surface area contributed by atoms with Gasteiger partial charge in [0.05, 0.1) is 18.3 Å². The number of carbonyl (C=O) groups is 3. The van der Waals surface area contributed by atoms with Crippen LogP contribution >= 0.6 is 11.3 Å². The van der Waals surface area contributed by atoms with Gasteiger partial charge in [-0.3, -0.25) is 9.59 Å². The highest BCUT2D eigenvalue weighted by molar-refractivity contribution is 7.09. The summed E-state index contributed by atoms with van der Waals surface area (Å²) >= 11 is 1.39. The summed E-state index contributed by atoms with van der Waals surface area (Å²) in [6.45, 7) is 6.12. The van der Waals surface area contributed by atoms with Crippen LogP contribution in [0.2, 0.25) is 0 Å². The van der Waals surface area contributed by atoms with E-state index >= 15 is 0 Å². The van der Waals surface area contributed by atoms with Gasteiger partial charge in [-0.1, -0.05) is 42.5 Å². The fourth-order valence-corrected chi connectivity index (χ4v) is 4.38. The Labute approximate surface area is 220 Å². The Morgan fingerprint density at radius 2 is 1.78 bits per heavy atom. The lowest BCUT2D eigenvalue weighted by Gasteiger charge is -2.15. The van der Waals surface area contributed by atoms with Gasteiger partial charge in [-0.25, -0.2) is 9.78 Å². The number of nitrogens with one attached hydrogen (secondary N) is 1. The molecule has 2 aromatic carbocycles. The maximum atomic E-state index is 11.9. The molecule has 0 radical (unpaired) electrons. The maximum absolute atomic E-state index is 11.9. The topological polar surface area (TPSA) is 94.6 Å². The lowest BCUT2D eigenvalue weighted by Crippen LogP contribution is -2.30. The van der Waals surface area contributed by atoms with Crippen LogP contribution in [0.5, 0.6) is 5.75 Å². The first-order valence-corrected chi connectivity index (χ1v) is 12.8. The monoisotopic (exact) mass is 518 g/mol. The van der Waals surface area contributed by atoms with Crippen molar-refractivity contribution in [3.8, 4) is 5.75 Å². The number of hydrogen-bond acceptors (Lipinski definition) is 7. The van der Waals surface area contributed by atoms with Gasteiger partial charge < -0.3 is 14.8 Å². The minimum absolute atomic E-state index is 0.259. The Hall–Kier alpha value is -4.04. The van der Waals surface area contributed by atoms with Crippen molar-refractivity contribution in [2.24, 2.45) is 0 Å². The Bertz CT molecular complexity index is 1260. The van der Waals surface area contributed by atoms with Crippen LogP contribution in [-0.4, -0.2) is 29.8 Å². The molecule has 8 heteroatoms. The second kappa shape index (κ2) is 13.9. The van der Waals surface area contributed by atoms with Gasteiger partial charge in [0.25, 0.3) is 5.91 Å². The summed E-state index contributed by atoms with van der Waals surface area (Å²) in [4.78, 5) is 39.4. The number of benzene rings is 2. The third-order valence-corrected chi connectivity index (χ3v) is 6.27. The van der Waals surface area contributed by atoms with Crippen LogP contribution in [0, 0.1) is 0 Å². The molecular weight excluding hydrogens is 488 g/mol. The number of ether oxygens (including phenoxy) is 2. The molecule has 7 nitrogen and oxygen atoms in total. The zero-order valence-electron chi connectivity index (χ0n) is 21.1. The molecular formula is C29H30N2O5S. The third kappa shape index (κ3) is 8.84. The van der Waals surface area contributed by atoms with Gasteiger partial charge in [-0.2, -0.15) is 0 Å². The summed E-state index contributed by atoms with van der Waals surface area (Å²) in [7, 11) is 0. The van der Waals surface area contributed by atoms with Gasteiger partial charge >= 0.3 is 5.97 Å². The average molecular weight is 519 g/mol. The van der Waals surface area contributed by atoms with E-state index in [0.717, 1.165) is 22.4 Å². The number of esters is 1. The lowest BCUT2D eigenvalue weighted by atomic mass is 10.1. The van der Waals surface area contributed by atoms with Crippen LogP contribution in [0.1, 0.15) is 48.6 Å². The van der Waals surface area contributed by atoms with E-state index in [1.807, 2.05) is 73.0 Å². The number of rotatable bonds is 12. The fraction of sp³-hybridized carbons (Fsp3) is 0.241. The van der Waals surface area contributed by atoms with Gasteiger partial charge in [0, 0.05) is 11.0 Å². The molecule has 192 valence electrons. The number of nitrogens with zero attached hydrogens (tertiary/aromatic N) is 1. The van der Waals surface area contributed by atoms with Gasteiger partial charge in [-0.05, 0) is 68.2 Å². The molecule has 0 saturated carbocycles. The van der Waals surface area contributed by atoms with Crippen molar-refractivity contribution in [1.29, 1.82) is 0 Å². The van der Waals surface area contributed by atoms with Crippen LogP contribution < -0.4 is 10.1 Å². The van der Waals surface area contributed by atoms with E-state index < -0.39 is 11.9 Å². The summed E-state index contributed by atoms with van der Waals surface area (Å²) < 4.78 is 10.9. The Kier molecular flexibility index (Phi) is 10.3. The zero-order valence-corrected chi connectivity index (χ0v) is 21.9. The largest absolute Gasteiger partial charge is 0.489 e. The van der Waals surface area contributed by atoms with Crippen LogP contribution in [0.4, 0.5) is 0 Å². The lowest BCUT2D eigenvalue weighted by molar-refractivity contribution is -0.138. The summed E-state index contributed by atoms with van der Waals surface area (Å²) in [6.07, 6.45) is 4.30. The first-order valence-electron chi connectivity index (χ1n) is 11.9. The maximum Gasteiger partial charge on any atom is 0.333 e. The van der Waals surface area contributed by atoms with Crippen molar-refractivity contribution in [3.05, 3.63) is 99.0 Å². The van der Waals surface area contributed by atoms with E-state index in [0.29, 0.717) is 35.9 Å².